The van der Waals surface area contributed by atoms with Gasteiger partial charge in [-0.25, -0.2) is 0 Å². The third-order valence-electron chi connectivity index (χ3n) is 4.92. The fourth-order valence-electron chi connectivity index (χ4n) is 3.50. The monoisotopic (exact) mass is 416 g/mol. The van der Waals surface area contributed by atoms with E-state index in [1.54, 1.807) is 0 Å². The zero-order chi connectivity index (χ0) is 20.9. The lowest BCUT2D eigenvalue weighted by atomic mass is 9.97. The Morgan fingerprint density at radius 2 is 2.21 bits per heavy atom. The van der Waals surface area contributed by atoms with Gasteiger partial charge in [-0.2, -0.15) is 16.7 Å². The van der Waals surface area contributed by atoms with E-state index in [9.17, 15) is 4.79 Å². The molecule has 3 rings (SSSR count). The molecule has 1 aromatic carbocycles. The molecule has 0 aliphatic carbocycles. The van der Waals surface area contributed by atoms with Crippen molar-refractivity contribution in [3.63, 3.8) is 0 Å². The van der Waals surface area contributed by atoms with Gasteiger partial charge in [0.1, 0.15) is 0 Å². The summed E-state index contributed by atoms with van der Waals surface area (Å²) < 4.78 is 5.69. The molecule has 6 nitrogen and oxygen atoms in total. The van der Waals surface area contributed by atoms with E-state index in [0.717, 1.165) is 43.8 Å². The molecule has 7 heteroatoms. The number of hydrogen-bond acceptors (Lipinski definition) is 6. The minimum absolute atomic E-state index is 0.0301. The van der Waals surface area contributed by atoms with Crippen LogP contribution in [0.5, 0.6) is 0 Å². The second kappa shape index (κ2) is 9.76. The zero-order valence-corrected chi connectivity index (χ0v) is 18.7. The summed E-state index contributed by atoms with van der Waals surface area (Å²) >= 11 is 1.87. The molecule has 1 N–H and O–H groups in total. The van der Waals surface area contributed by atoms with Gasteiger partial charge in [0.15, 0.2) is 0 Å². The normalized spacial score (nSPS) is 18.0. The van der Waals surface area contributed by atoms with E-state index in [-0.39, 0.29) is 16.6 Å². The van der Waals surface area contributed by atoms with Crippen LogP contribution in [0.3, 0.4) is 0 Å². The summed E-state index contributed by atoms with van der Waals surface area (Å²) in [7, 11) is 0. The minimum atomic E-state index is 0.0301. The molecule has 1 unspecified atom stereocenters. The Bertz CT molecular complexity index is 815. The quantitative estimate of drug-likeness (QED) is 0.690. The van der Waals surface area contributed by atoms with Crippen molar-refractivity contribution in [2.75, 3.05) is 25.4 Å². The Labute approximate surface area is 177 Å². The van der Waals surface area contributed by atoms with Gasteiger partial charge in [0.05, 0.1) is 12.5 Å². The molecular weight excluding hydrogens is 384 g/mol. The minimum Gasteiger partial charge on any atom is -0.355 e. The largest absolute Gasteiger partial charge is 0.355 e. The molecule has 1 saturated heterocycles. The Balaban J connectivity index is 1.49. The summed E-state index contributed by atoms with van der Waals surface area (Å²) in [4.78, 5) is 19.3. The average molecular weight is 417 g/mol. The van der Waals surface area contributed by atoms with Gasteiger partial charge < -0.3 is 9.84 Å². The molecule has 158 valence electrons. The fourth-order valence-corrected chi connectivity index (χ4v) is 4.32. The standard InChI is InChI=1S/C22H32N4O2S/c1-16-7-5-8-17(13-16)20-24-19(28-25-20)15-26-11-6-9-18(14-26)21(27)23-10-12-29-22(2,3)4/h5,7-8,13,18H,6,9-12,14-15H2,1-4H3,(H,23,27). The molecule has 1 amide bonds. The highest BCUT2D eigenvalue weighted by Gasteiger charge is 2.26. The van der Waals surface area contributed by atoms with Crippen molar-refractivity contribution in [2.24, 2.45) is 5.92 Å². The summed E-state index contributed by atoms with van der Waals surface area (Å²) in [5.41, 5.74) is 2.13. The topological polar surface area (TPSA) is 71.3 Å². The Morgan fingerprint density at radius 3 is 2.97 bits per heavy atom. The second-order valence-corrected chi connectivity index (χ2v) is 10.6. The van der Waals surface area contributed by atoms with Gasteiger partial charge in [-0.1, -0.05) is 49.7 Å². The van der Waals surface area contributed by atoms with E-state index in [4.69, 9.17) is 4.52 Å². The third-order valence-corrected chi connectivity index (χ3v) is 6.19. The molecule has 2 heterocycles. The summed E-state index contributed by atoms with van der Waals surface area (Å²) in [6, 6.07) is 8.08. The smallest absolute Gasteiger partial charge is 0.241 e. The molecule has 2 aromatic rings. The van der Waals surface area contributed by atoms with Crippen LogP contribution in [0, 0.1) is 12.8 Å². The van der Waals surface area contributed by atoms with Crippen molar-refractivity contribution < 1.29 is 9.32 Å². The number of piperidine rings is 1. The summed E-state index contributed by atoms with van der Waals surface area (Å²) in [5, 5.41) is 7.22. The van der Waals surface area contributed by atoms with Crippen LogP contribution < -0.4 is 5.32 Å². The first kappa shape index (κ1) is 21.8. The molecule has 29 heavy (non-hydrogen) atoms. The van der Waals surface area contributed by atoms with Gasteiger partial charge in [-0.05, 0) is 32.4 Å². The number of amides is 1. The molecular formula is C22H32N4O2S. The van der Waals surface area contributed by atoms with Gasteiger partial charge in [0.25, 0.3) is 0 Å². The average Bonchev–Trinajstić information content (AvgIpc) is 3.13. The molecule has 0 saturated carbocycles. The highest BCUT2D eigenvalue weighted by molar-refractivity contribution is 8.00. The number of nitrogens with zero attached hydrogens (tertiary/aromatic N) is 3. The van der Waals surface area contributed by atoms with Crippen LogP contribution in [0.4, 0.5) is 0 Å². The first-order valence-corrected chi connectivity index (χ1v) is 11.3. The fraction of sp³-hybridized carbons (Fsp3) is 0.591. The lowest BCUT2D eigenvalue weighted by Crippen LogP contribution is -2.43. The van der Waals surface area contributed by atoms with Crippen molar-refractivity contribution in [2.45, 2.75) is 51.8 Å². The number of thioether (sulfide) groups is 1. The predicted octanol–water partition coefficient (Wildman–Crippen LogP) is 3.90. The number of likely N-dealkylation sites (tertiary alicyclic amines) is 1. The molecule has 1 fully saturated rings. The van der Waals surface area contributed by atoms with Crippen molar-refractivity contribution in [1.29, 1.82) is 0 Å². The SMILES string of the molecule is Cc1cccc(-c2noc(CN3CCCC(C(=O)NCCSC(C)(C)C)C3)n2)c1. The van der Waals surface area contributed by atoms with Gasteiger partial charge in [-0.15, -0.1) is 0 Å². The number of carbonyl (C=O) groups is 1. The van der Waals surface area contributed by atoms with E-state index in [0.29, 0.717) is 18.3 Å². The lowest BCUT2D eigenvalue weighted by Gasteiger charge is -2.31. The summed E-state index contributed by atoms with van der Waals surface area (Å²) in [5.74, 6) is 2.35. The predicted molar refractivity (Wildman–Crippen MR) is 118 cm³/mol. The van der Waals surface area contributed by atoms with Crippen molar-refractivity contribution in [3.8, 4) is 11.4 Å². The number of aromatic nitrogens is 2. The van der Waals surface area contributed by atoms with Crippen molar-refractivity contribution in [1.82, 2.24) is 20.4 Å². The number of benzene rings is 1. The van der Waals surface area contributed by atoms with Gasteiger partial charge in [-0.3, -0.25) is 9.69 Å². The Kier molecular flexibility index (Phi) is 7.35. The van der Waals surface area contributed by atoms with Crippen LogP contribution in [0.15, 0.2) is 28.8 Å². The van der Waals surface area contributed by atoms with Gasteiger partial charge in [0.2, 0.25) is 17.6 Å². The number of aryl methyl sites for hydroxylation is 1. The van der Waals surface area contributed by atoms with Crippen LogP contribution in [-0.2, 0) is 11.3 Å². The van der Waals surface area contributed by atoms with Crippen molar-refractivity contribution >= 4 is 17.7 Å². The maximum atomic E-state index is 12.5. The molecule has 0 radical (unpaired) electrons. The van der Waals surface area contributed by atoms with Crippen LogP contribution in [0.2, 0.25) is 0 Å². The van der Waals surface area contributed by atoms with Crippen LogP contribution in [0.1, 0.15) is 45.1 Å². The molecule has 0 spiro atoms. The molecule has 1 aliphatic rings. The molecule has 1 atom stereocenters. The number of rotatable bonds is 7. The number of nitrogens with one attached hydrogen (secondary N) is 1. The number of carbonyl (C=O) groups excluding carboxylic acids is 1. The molecule has 0 bridgehead atoms. The van der Waals surface area contributed by atoms with Crippen LogP contribution in [-0.4, -0.2) is 51.1 Å². The van der Waals surface area contributed by atoms with E-state index < -0.39 is 0 Å². The molecule has 1 aliphatic heterocycles. The summed E-state index contributed by atoms with van der Waals surface area (Å²) in [6.07, 6.45) is 1.95. The van der Waals surface area contributed by atoms with Crippen molar-refractivity contribution in [3.05, 3.63) is 35.7 Å². The molecule has 1 aromatic heterocycles. The maximum Gasteiger partial charge on any atom is 0.241 e. The second-order valence-electron chi connectivity index (χ2n) is 8.71. The first-order valence-electron chi connectivity index (χ1n) is 10.3. The maximum absolute atomic E-state index is 12.5. The highest BCUT2D eigenvalue weighted by atomic mass is 32.2. The third kappa shape index (κ3) is 6.85. The van der Waals surface area contributed by atoms with Crippen LogP contribution >= 0.6 is 11.8 Å². The Morgan fingerprint density at radius 1 is 1.38 bits per heavy atom. The van der Waals surface area contributed by atoms with E-state index >= 15 is 0 Å². The van der Waals surface area contributed by atoms with Crippen LogP contribution in [0.25, 0.3) is 11.4 Å². The highest BCUT2D eigenvalue weighted by Crippen LogP contribution is 2.23. The van der Waals surface area contributed by atoms with E-state index in [2.05, 4.69) is 41.1 Å². The van der Waals surface area contributed by atoms with Gasteiger partial charge >= 0.3 is 0 Å². The zero-order valence-electron chi connectivity index (χ0n) is 17.9. The summed E-state index contributed by atoms with van der Waals surface area (Å²) in [6.45, 7) is 11.6. The van der Waals surface area contributed by atoms with E-state index in [1.165, 1.54) is 5.56 Å². The first-order chi connectivity index (χ1) is 13.8. The van der Waals surface area contributed by atoms with Gasteiger partial charge in [0, 0.05) is 29.2 Å². The van der Waals surface area contributed by atoms with E-state index in [1.807, 2.05) is 43.0 Å². The Hall–Kier alpha value is -1.86. The number of hydrogen-bond donors (Lipinski definition) is 1. The lowest BCUT2D eigenvalue weighted by molar-refractivity contribution is -0.126.